The van der Waals surface area contributed by atoms with Gasteiger partial charge in [0, 0.05) is 6.07 Å². The first-order chi connectivity index (χ1) is 8.54. The van der Waals surface area contributed by atoms with Crippen LogP contribution < -0.4 is 10.9 Å². The van der Waals surface area contributed by atoms with Gasteiger partial charge in [-0.15, -0.1) is 0 Å². The Morgan fingerprint density at radius 3 is 2.72 bits per heavy atom. The van der Waals surface area contributed by atoms with E-state index in [-0.39, 0.29) is 5.69 Å². The van der Waals surface area contributed by atoms with E-state index in [1.807, 2.05) is 6.92 Å². The maximum Gasteiger partial charge on any atom is 0.326 e. The molecule has 98 valence electrons. The Morgan fingerprint density at radius 1 is 1.44 bits per heavy atom. The van der Waals surface area contributed by atoms with Crippen molar-refractivity contribution in [3.05, 3.63) is 34.2 Å². The number of carbonyl (C=O) groups excluding carboxylic acids is 1. The van der Waals surface area contributed by atoms with Crippen molar-refractivity contribution in [1.29, 1.82) is 0 Å². The van der Waals surface area contributed by atoms with Gasteiger partial charge in [0.1, 0.15) is 11.7 Å². The highest BCUT2D eigenvalue weighted by Gasteiger charge is 2.20. The van der Waals surface area contributed by atoms with Gasteiger partial charge in [0.25, 0.3) is 5.91 Å². The summed E-state index contributed by atoms with van der Waals surface area (Å²) in [5.41, 5.74) is -0.340. The summed E-state index contributed by atoms with van der Waals surface area (Å²) < 4.78 is 0. The number of amides is 1. The maximum atomic E-state index is 11.7. The number of carbonyl (C=O) groups is 2. The lowest BCUT2D eigenvalue weighted by Gasteiger charge is -2.13. The molecule has 0 aromatic carbocycles. The molecule has 1 aromatic rings. The Hall–Kier alpha value is -2.11. The van der Waals surface area contributed by atoms with E-state index in [1.165, 1.54) is 18.2 Å². The molecule has 0 radical (unpaired) electrons. The summed E-state index contributed by atoms with van der Waals surface area (Å²) >= 11 is 0. The number of aromatic amines is 1. The Bertz CT molecular complexity index is 481. The highest BCUT2D eigenvalue weighted by atomic mass is 16.4. The van der Waals surface area contributed by atoms with Crippen LogP contribution in [0.2, 0.25) is 0 Å². The lowest BCUT2D eigenvalue weighted by molar-refractivity contribution is -0.139. The number of carboxylic acids is 1. The topological polar surface area (TPSA) is 99.3 Å². The summed E-state index contributed by atoms with van der Waals surface area (Å²) in [6.07, 6.45) is 1.93. The molecule has 6 nitrogen and oxygen atoms in total. The fourth-order valence-corrected chi connectivity index (χ4v) is 1.48. The van der Waals surface area contributed by atoms with E-state index in [9.17, 15) is 14.4 Å². The standard InChI is InChI=1S/C12H16N2O4/c1-2-3-5-9(12(17)18)14-11(16)8-6-4-7-10(15)13-8/h4,6-7,9H,2-3,5H2,1H3,(H,13,15)(H,14,16)(H,17,18). The van der Waals surface area contributed by atoms with E-state index in [4.69, 9.17) is 5.11 Å². The van der Waals surface area contributed by atoms with E-state index in [0.717, 1.165) is 6.42 Å². The van der Waals surface area contributed by atoms with Gasteiger partial charge < -0.3 is 15.4 Å². The number of pyridine rings is 1. The normalized spacial score (nSPS) is 11.8. The highest BCUT2D eigenvalue weighted by molar-refractivity contribution is 5.94. The van der Waals surface area contributed by atoms with Crippen molar-refractivity contribution in [2.24, 2.45) is 0 Å². The number of carboxylic acid groups (broad SMARTS) is 1. The molecule has 0 saturated heterocycles. The van der Waals surface area contributed by atoms with Crippen LogP contribution in [0.5, 0.6) is 0 Å². The van der Waals surface area contributed by atoms with Crippen molar-refractivity contribution in [3.8, 4) is 0 Å². The van der Waals surface area contributed by atoms with Gasteiger partial charge in [-0.25, -0.2) is 4.79 Å². The Kier molecular flexibility index (Phi) is 5.10. The van der Waals surface area contributed by atoms with Crippen molar-refractivity contribution in [2.45, 2.75) is 32.2 Å². The number of hydrogen-bond acceptors (Lipinski definition) is 3. The van der Waals surface area contributed by atoms with Crippen LogP contribution in [0, 0.1) is 0 Å². The second kappa shape index (κ2) is 6.58. The first kappa shape index (κ1) is 14.0. The van der Waals surface area contributed by atoms with Gasteiger partial charge in [-0.1, -0.05) is 25.8 Å². The fourth-order valence-electron chi connectivity index (χ4n) is 1.48. The Morgan fingerprint density at radius 2 is 2.17 bits per heavy atom. The van der Waals surface area contributed by atoms with E-state index < -0.39 is 23.5 Å². The number of nitrogens with one attached hydrogen (secondary N) is 2. The van der Waals surface area contributed by atoms with Crippen molar-refractivity contribution in [3.63, 3.8) is 0 Å². The van der Waals surface area contributed by atoms with Crippen LogP contribution in [-0.2, 0) is 4.79 Å². The largest absolute Gasteiger partial charge is 0.480 e. The predicted molar refractivity (Wildman–Crippen MR) is 65.5 cm³/mol. The minimum atomic E-state index is -1.07. The number of aliphatic carboxylic acids is 1. The first-order valence-corrected chi connectivity index (χ1v) is 5.77. The Labute approximate surface area is 104 Å². The van der Waals surface area contributed by atoms with Crippen LogP contribution in [0.25, 0.3) is 0 Å². The average Bonchev–Trinajstić information content (AvgIpc) is 2.33. The average molecular weight is 252 g/mol. The zero-order valence-corrected chi connectivity index (χ0v) is 10.1. The molecule has 1 rings (SSSR count). The molecule has 0 aliphatic carbocycles. The van der Waals surface area contributed by atoms with Crippen LogP contribution in [0.15, 0.2) is 23.0 Å². The lowest BCUT2D eigenvalue weighted by atomic mass is 10.1. The molecular weight excluding hydrogens is 236 g/mol. The lowest BCUT2D eigenvalue weighted by Crippen LogP contribution is -2.41. The van der Waals surface area contributed by atoms with Crippen molar-refractivity contribution < 1.29 is 14.7 Å². The van der Waals surface area contributed by atoms with Crippen LogP contribution in [0.1, 0.15) is 36.7 Å². The second-order valence-electron chi connectivity index (χ2n) is 3.94. The van der Waals surface area contributed by atoms with Crippen LogP contribution in [-0.4, -0.2) is 28.0 Å². The van der Waals surface area contributed by atoms with E-state index in [2.05, 4.69) is 10.3 Å². The summed E-state index contributed by atoms with van der Waals surface area (Å²) in [6, 6.07) is 3.22. The molecule has 1 unspecified atom stereocenters. The van der Waals surface area contributed by atoms with Gasteiger partial charge in [0.2, 0.25) is 5.56 Å². The third-order valence-corrected chi connectivity index (χ3v) is 2.46. The van der Waals surface area contributed by atoms with E-state index >= 15 is 0 Å². The van der Waals surface area contributed by atoms with Crippen LogP contribution in [0.4, 0.5) is 0 Å². The smallest absolute Gasteiger partial charge is 0.326 e. The summed E-state index contributed by atoms with van der Waals surface area (Å²) in [7, 11) is 0. The molecular formula is C12H16N2O4. The number of H-pyrrole nitrogens is 1. The molecule has 0 aliphatic heterocycles. The van der Waals surface area contributed by atoms with Crippen molar-refractivity contribution in [1.82, 2.24) is 10.3 Å². The number of rotatable bonds is 6. The minimum Gasteiger partial charge on any atom is -0.480 e. The second-order valence-corrected chi connectivity index (χ2v) is 3.94. The van der Waals surface area contributed by atoms with Crippen LogP contribution >= 0.6 is 0 Å². The molecule has 0 saturated carbocycles. The molecule has 1 aromatic heterocycles. The fraction of sp³-hybridized carbons (Fsp3) is 0.417. The monoisotopic (exact) mass is 252 g/mol. The van der Waals surface area contributed by atoms with Crippen molar-refractivity contribution >= 4 is 11.9 Å². The zero-order chi connectivity index (χ0) is 13.5. The molecule has 0 aliphatic rings. The summed E-state index contributed by atoms with van der Waals surface area (Å²) in [5.74, 6) is -1.66. The summed E-state index contributed by atoms with van der Waals surface area (Å²) in [6.45, 7) is 1.94. The third-order valence-electron chi connectivity index (χ3n) is 2.46. The summed E-state index contributed by atoms with van der Waals surface area (Å²) in [4.78, 5) is 36.1. The minimum absolute atomic E-state index is 0.0604. The quantitative estimate of drug-likeness (QED) is 0.695. The highest BCUT2D eigenvalue weighted by Crippen LogP contribution is 2.02. The molecule has 0 fully saturated rings. The van der Waals surface area contributed by atoms with Gasteiger partial charge in [0.15, 0.2) is 0 Å². The predicted octanol–water partition coefficient (Wildman–Crippen LogP) is 0.748. The van der Waals surface area contributed by atoms with Crippen molar-refractivity contribution in [2.75, 3.05) is 0 Å². The molecule has 6 heteroatoms. The van der Waals surface area contributed by atoms with Gasteiger partial charge in [-0.05, 0) is 12.5 Å². The molecule has 1 amide bonds. The summed E-state index contributed by atoms with van der Waals surface area (Å²) in [5, 5.41) is 11.3. The number of unbranched alkanes of at least 4 members (excludes halogenated alkanes) is 1. The van der Waals surface area contributed by atoms with Gasteiger partial charge in [-0.3, -0.25) is 9.59 Å². The Balaban J connectivity index is 2.72. The molecule has 0 bridgehead atoms. The zero-order valence-electron chi connectivity index (χ0n) is 10.1. The van der Waals surface area contributed by atoms with Gasteiger partial charge in [-0.2, -0.15) is 0 Å². The van der Waals surface area contributed by atoms with E-state index in [0.29, 0.717) is 12.8 Å². The molecule has 0 spiro atoms. The van der Waals surface area contributed by atoms with Gasteiger partial charge >= 0.3 is 5.97 Å². The van der Waals surface area contributed by atoms with Gasteiger partial charge in [0.05, 0.1) is 0 Å². The molecule has 3 N–H and O–H groups in total. The molecule has 1 heterocycles. The number of hydrogen-bond donors (Lipinski definition) is 3. The third kappa shape index (κ3) is 4.04. The number of aromatic nitrogens is 1. The SMILES string of the molecule is CCCCC(NC(=O)c1cccc(=O)[nH]1)C(=O)O. The molecule has 18 heavy (non-hydrogen) atoms. The van der Waals surface area contributed by atoms with Crippen LogP contribution in [0.3, 0.4) is 0 Å². The molecule has 1 atom stereocenters. The maximum absolute atomic E-state index is 11.7. The van der Waals surface area contributed by atoms with E-state index in [1.54, 1.807) is 0 Å². The first-order valence-electron chi connectivity index (χ1n) is 5.77.